The molecule has 2 aliphatic carbocycles. The van der Waals surface area contributed by atoms with Crippen LogP contribution in [0.3, 0.4) is 0 Å². The molecule has 0 amide bonds. The van der Waals surface area contributed by atoms with Gasteiger partial charge in [0.2, 0.25) is 0 Å². The first-order chi connectivity index (χ1) is 10.6. The van der Waals surface area contributed by atoms with E-state index in [1.54, 1.807) is 6.08 Å². The summed E-state index contributed by atoms with van der Waals surface area (Å²) in [5.74, 6) is -0.714. The molecule has 1 atom stereocenters. The SMILES string of the molecule is O=C(O)[C@H](Cc1ccccc1)NC1=CC(=O)C12CCCCC2. The van der Waals surface area contributed by atoms with Crippen LogP contribution in [0.2, 0.25) is 0 Å². The fraction of sp³-hybridized carbons (Fsp3) is 0.444. The summed E-state index contributed by atoms with van der Waals surface area (Å²) in [6.45, 7) is 0. The van der Waals surface area contributed by atoms with E-state index in [4.69, 9.17) is 0 Å². The molecule has 4 heteroatoms. The predicted octanol–water partition coefficient (Wildman–Crippen LogP) is 2.69. The van der Waals surface area contributed by atoms with Crippen LogP contribution in [0.25, 0.3) is 0 Å². The highest BCUT2D eigenvalue weighted by Crippen LogP contribution is 2.48. The van der Waals surface area contributed by atoms with Gasteiger partial charge in [-0.2, -0.15) is 0 Å². The van der Waals surface area contributed by atoms with E-state index in [0.29, 0.717) is 6.42 Å². The van der Waals surface area contributed by atoms with Crippen LogP contribution in [0.1, 0.15) is 37.7 Å². The van der Waals surface area contributed by atoms with E-state index in [1.807, 2.05) is 30.3 Å². The Morgan fingerprint density at radius 2 is 1.86 bits per heavy atom. The molecule has 116 valence electrons. The minimum Gasteiger partial charge on any atom is -0.480 e. The van der Waals surface area contributed by atoms with Crippen molar-refractivity contribution in [2.45, 2.75) is 44.6 Å². The number of carbonyl (C=O) groups is 2. The number of hydrogen-bond donors (Lipinski definition) is 2. The molecule has 0 radical (unpaired) electrons. The normalized spacial score (nSPS) is 20.9. The van der Waals surface area contributed by atoms with E-state index in [9.17, 15) is 14.7 Å². The highest BCUT2D eigenvalue weighted by Gasteiger charge is 2.49. The third-order valence-corrected chi connectivity index (χ3v) is 4.88. The van der Waals surface area contributed by atoms with Crippen LogP contribution >= 0.6 is 0 Å². The first kappa shape index (κ1) is 14.8. The van der Waals surface area contributed by atoms with Gasteiger partial charge in [0.1, 0.15) is 6.04 Å². The number of carboxylic acids is 1. The molecule has 1 aromatic carbocycles. The maximum absolute atomic E-state index is 12.1. The molecular formula is C18H21NO3. The van der Waals surface area contributed by atoms with Crippen molar-refractivity contribution in [2.75, 3.05) is 0 Å². The molecule has 3 rings (SSSR count). The number of carbonyl (C=O) groups excluding carboxylic acids is 1. The van der Waals surface area contributed by atoms with Gasteiger partial charge in [-0.1, -0.05) is 49.6 Å². The Labute approximate surface area is 130 Å². The van der Waals surface area contributed by atoms with Gasteiger partial charge >= 0.3 is 5.97 Å². The minimum atomic E-state index is -0.880. The van der Waals surface area contributed by atoms with Crippen molar-refractivity contribution in [3.8, 4) is 0 Å². The van der Waals surface area contributed by atoms with Gasteiger partial charge in [-0.15, -0.1) is 0 Å². The van der Waals surface area contributed by atoms with E-state index in [0.717, 1.165) is 43.4 Å². The molecule has 0 unspecified atom stereocenters. The summed E-state index contributed by atoms with van der Waals surface area (Å²) in [7, 11) is 0. The second-order valence-electron chi connectivity index (χ2n) is 6.29. The lowest BCUT2D eigenvalue weighted by molar-refractivity contribution is -0.140. The van der Waals surface area contributed by atoms with Crippen LogP contribution in [0, 0.1) is 5.41 Å². The maximum Gasteiger partial charge on any atom is 0.326 e. The topological polar surface area (TPSA) is 66.4 Å². The molecule has 1 saturated carbocycles. The van der Waals surface area contributed by atoms with E-state index in [1.165, 1.54) is 0 Å². The quantitative estimate of drug-likeness (QED) is 0.877. The first-order valence-electron chi connectivity index (χ1n) is 7.92. The maximum atomic E-state index is 12.1. The lowest BCUT2D eigenvalue weighted by Gasteiger charge is -2.44. The van der Waals surface area contributed by atoms with Gasteiger partial charge in [0, 0.05) is 18.2 Å². The zero-order valence-corrected chi connectivity index (χ0v) is 12.5. The minimum absolute atomic E-state index is 0.165. The second-order valence-corrected chi connectivity index (χ2v) is 6.29. The molecule has 0 bridgehead atoms. The van der Waals surface area contributed by atoms with E-state index in [-0.39, 0.29) is 5.78 Å². The van der Waals surface area contributed by atoms with E-state index < -0.39 is 17.4 Å². The number of benzene rings is 1. The van der Waals surface area contributed by atoms with Gasteiger partial charge in [0.15, 0.2) is 5.78 Å². The highest BCUT2D eigenvalue weighted by molar-refractivity contribution is 6.05. The van der Waals surface area contributed by atoms with Crippen molar-refractivity contribution in [3.05, 3.63) is 47.7 Å². The van der Waals surface area contributed by atoms with Crippen molar-refractivity contribution < 1.29 is 14.7 Å². The molecular weight excluding hydrogens is 278 g/mol. The number of aliphatic carboxylic acids is 1. The number of allylic oxidation sites excluding steroid dienone is 2. The molecule has 0 aromatic heterocycles. The lowest BCUT2D eigenvalue weighted by Crippen LogP contribution is -2.51. The number of ketones is 1. The predicted molar refractivity (Wildman–Crippen MR) is 83.3 cm³/mol. The van der Waals surface area contributed by atoms with Gasteiger partial charge < -0.3 is 10.4 Å². The number of hydrogen-bond acceptors (Lipinski definition) is 3. The van der Waals surface area contributed by atoms with Crippen molar-refractivity contribution in [1.29, 1.82) is 0 Å². The number of nitrogens with one attached hydrogen (secondary N) is 1. The molecule has 1 spiro atoms. The second kappa shape index (κ2) is 5.95. The summed E-state index contributed by atoms with van der Waals surface area (Å²) in [5.41, 5.74) is 1.40. The molecule has 2 N–H and O–H groups in total. The summed E-state index contributed by atoms with van der Waals surface area (Å²) in [4.78, 5) is 23.6. The van der Waals surface area contributed by atoms with Crippen molar-refractivity contribution >= 4 is 11.8 Å². The largest absolute Gasteiger partial charge is 0.480 e. The van der Waals surface area contributed by atoms with Crippen molar-refractivity contribution in [2.24, 2.45) is 5.41 Å². The molecule has 4 nitrogen and oxygen atoms in total. The van der Waals surface area contributed by atoms with Crippen LogP contribution in [0.5, 0.6) is 0 Å². The monoisotopic (exact) mass is 299 g/mol. The number of carboxylic acid groups (broad SMARTS) is 1. The summed E-state index contributed by atoms with van der Waals surface area (Å²) in [6.07, 6.45) is 6.95. The van der Waals surface area contributed by atoms with Crippen molar-refractivity contribution in [3.63, 3.8) is 0 Å². The smallest absolute Gasteiger partial charge is 0.326 e. The molecule has 0 heterocycles. The van der Waals surface area contributed by atoms with E-state index >= 15 is 0 Å². The van der Waals surface area contributed by atoms with Gasteiger partial charge in [-0.3, -0.25) is 4.79 Å². The molecule has 2 aliphatic rings. The van der Waals surface area contributed by atoms with Crippen LogP contribution in [0.15, 0.2) is 42.1 Å². The molecule has 0 saturated heterocycles. The third kappa shape index (κ3) is 2.65. The fourth-order valence-electron chi connectivity index (χ4n) is 3.55. The third-order valence-electron chi connectivity index (χ3n) is 4.88. The Kier molecular flexibility index (Phi) is 4.01. The lowest BCUT2D eigenvalue weighted by atomic mass is 9.62. The summed E-state index contributed by atoms with van der Waals surface area (Å²) >= 11 is 0. The van der Waals surface area contributed by atoms with Crippen LogP contribution in [-0.2, 0) is 16.0 Å². The van der Waals surface area contributed by atoms with Gasteiger partial charge in [-0.25, -0.2) is 4.79 Å². The summed E-state index contributed by atoms with van der Waals surface area (Å²) in [5, 5.41) is 12.6. The Hall–Kier alpha value is -2.10. The Morgan fingerprint density at radius 3 is 2.45 bits per heavy atom. The van der Waals surface area contributed by atoms with Crippen LogP contribution < -0.4 is 5.32 Å². The van der Waals surface area contributed by atoms with Gasteiger partial charge in [0.25, 0.3) is 0 Å². The van der Waals surface area contributed by atoms with E-state index in [2.05, 4.69) is 5.32 Å². The van der Waals surface area contributed by atoms with Crippen LogP contribution in [0.4, 0.5) is 0 Å². The Balaban J connectivity index is 1.73. The van der Waals surface area contributed by atoms with Gasteiger partial charge in [0.05, 0.1) is 5.41 Å². The molecule has 22 heavy (non-hydrogen) atoms. The summed E-state index contributed by atoms with van der Waals surface area (Å²) in [6, 6.07) is 8.88. The van der Waals surface area contributed by atoms with Gasteiger partial charge in [-0.05, 0) is 18.4 Å². The molecule has 1 fully saturated rings. The first-order valence-corrected chi connectivity index (χ1v) is 7.92. The number of rotatable bonds is 5. The molecule has 0 aliphatic heterocycles. The van der Waals surface area contributed by atoms with Crippen molar-refractivity contribution in [1.82, 2.24) is 5.32 Å². The standard InChI is InChI=1S/C18H21NO3/c20-16-12-15(18(16)9-5-2-6-10-18)19-14(17(21)22)11-13-7-3-1-4-8-13/h1,3-4,7-8,12,14,19H,2,5-6,9-11H2,(H,21,22)/t14-/m0/s1. The Morgan fingerprint density at radius 1 is 1.18 bits per heavy atom. The highest BCUT2D eigenvalue weighted by atomic mass is 16.4. The average Bonchev–Trinajstić information content (AvgIpc) is 2.55. The molecule has 1 aromatic rings. The average molecular weight is 299 g/mol. The van der Waals surface area contributed by atoms with Crippen LogP contribution in [-0.4, -0.2) is 22.9 Å². The summed E-state index contributed by atoms with van der Waals surface area (Å²) < 4.78 is 0. The zero-order chi connectivity index (χ0) is 15.6. The Bertz CT molecular complexity index is 600. The fourth-order valence-corrected chi connectivity index (χ4v) is 3.55. The zero-order valence-electron chi connectivity index (χ0n) is 12.5.